The molecule has 158 valence electrons. The number of hydrogen-bond acceptors (Lipinski definition) is 5. The Hall–Kier alpha value is -2.36. The molecule has 1 unspecified atom stereocenters. The molecule has 2 aromatic carbocycles. The highest BCUT2D eigenvalue weighted by Gasteiger charge is 2.34. The molecule has 30 heavy (non-hydrogen) atoms. The van der Waals surface area contributed by atoms with Gasteiger partial charge in [-0.2, -0.15) is 13.0 Å². The summed E-state index contributed by atoms with van der Waals surface area (Å²) < 4.78 is 36.1. The first-order valence-electron chi connectivity index (χ1n) is 10.1. The zero-order valence-corrected chi connectivity index (χ0v) is 18.4. The van der Waals surface area contributed by atoms with Gasteiger partial charge in [0.2, 0.25) is 15.9 Å². The molecule has 7 nitrogen and oxygen atoms in total. The van der Waals surface area contributed by atoms with Gasteiger partial charge in [-0.1, -0.05) is 49.7 Å². The average Bonchev–Trinajstić information content (AvgIpc) is 3.26. The lowest BCUT2D eigenvalue weighted by Gasteiger charge is -2.36. The number of rotatable bonds is 6. The largest absolute Gasteiger partial charge is 0.340 e. The number of sulfonamides is 1. The molecule has 1 amide bonds. The van der Waals surface area contributed by atoms with Crippen LogP contribution in [0.25, 0.3) is 0 Å². The van der Waals surface area contributed by atoms with Crippen LogP contribution in [0.3, 0.4) is 0 Å². The lowest BCUT2D eigenvalue weighted by molar-refractivity contribution is -0.134. The third-order valence-electron chi connectivity index (χ3n) is 5.49. The molecule has 0 N–H and O–H groups in total. The molecule has 1 saturated heterocycles. The smallest absolute Gasteiger partial charge is 0.245 e. The first-order chi connectivity index (χ1) is 14.5. The van der Waals surface area contributed by atoms with Crippen molar-refractivity contribution in [3.8, 4) is 0 Å². The van der Waals surface area contributed by atoms with E-state index >= 15 is 0 Å². The van der Waals surface area contributed by atoms with E-state index in [1.165, 1.54) is 4.31 Å². The summed E-state index contributed by atoms with van der Waals surface area (Å²) in [6, 6.07) is 14.8. The molecule has 0 aromatic heterocycles. The Balaban J connectivity index is 1.48. The van der Waals surface area contributed by atoms with Crippen LogP contribution in [0.15, 0.2) is 62.2 Å². The zero-order valence-electron chi connectivity index (χ0n) is 16.8. The number of amides is 1. The van der Waals surface area contributed by atoms with E-state index in [0.29, 0.717) is 24.5 Å². The zero-order chi connectivity index (χ0) is 21.1. The number of carbonyl (C=O) groups is 1. The second kappa shape index (κ2) is 8.79. The van der Waals surface area contributed by atoms with Crippen molar-refractivity contribution in [1.29, 1.82) is 0 Å². The van der Waals surface area contributed by atoms with Crippen molar-refractivity contribution in [2.45, 2.75) is 30.6 Å². The number of piperazine rings is 1. The van der Waals surface area contributed by atoms with E-state index in [4.69, 9.17) is 0 Å². The first-order valence-corrected chi connectivity index (χ1v) is 12.2. The highest BCUT2D eigenvalue weighted by molar-refractivity contribution is 7.89. The average molecular weight is 445 g/mol. The summed E-state index contributed by atoms with van der Waals surface area (Å²) in [7, 11) is -3.69. The minimum Gasteiger partial charge on any atom is -0.340 e. The van der Waals surface area contributed by atoms with Gasteiger partial charge in [-0.25, -0.2) is 8.42 Å². The molecular weight excluding hydrogens is 420 g/mol. The molecule has 0 bridgehead atoms. The molecular formula is C21H24N4O3S2. The minimum atomic E-state index is -3.69. The van der Waals surface area contributed by atoms with Crippen LogP contribution in [0, 0.1) is 0 Å². The second-order valence-corrected chi connectivity index (χ2v) is 9.80. The van der Waals surface area contributed by atoms with Gasteiger partial charge < -0.3 is 4.90 Å². The van der Waals surface area contributed by atoms with Gasteiger partial charge in [-0.15, -0.1) is 0 Å². The van der Waals surface area contributed by atoms with Gasteiger partial charge in [0.05, 0.1) is 17.3 Å². The molecule has 4 rings (SSSR count). The van der Waals surface area contributed by atoms with Crippen LogP contribution in [0.5, 0.6) is 0 Å². The van der Waals surface area contributed by atoms with Crippen LogP contribution >= 0.6 is 0 Å². The van der Waals surface area contributed by atoms with Crippen molar-refractivity contribution in [2.24, 2.45) is 8.73 Å². The first kappa shape index (κ1) is 20.9. The van der Waals surface area contributed by atoms with Crippen molar-refractivity contribution in [1.82, 2.24) is 9.21 Å². The molecule has 0 radical (unpaired) electrons. The predicted octanol–water partition coefficient (Wildman–Crippen LogP) is 3.83. The van der Waals surface area contributed by atoms with Crippen molar-refractivity contribution in [3.63, 3.8) is 0 Å². The van der Waals surface area contributed by atoms with Crippen molar-refractivity contribution in [2.75, 3.05) is 26.2 Å². The summed E-state index contributed by atoms with van der Waals surface area (Å²) in [5.74, 6) is -0.111. The van der Waals surface area contributed by atoms with E-state index < -0.39 is 10.0 Å². The molecule has 2 aliphatic rings. The lowest BCUT2D eigenvalue weighted by Crippen LogP contribution is -2.51. The van der Waals surface area contributed by atoms with Gasteiger partial charge in [0.15, 0.2) is 0 Å². The number of benzene rings is 2. The van der Waals surface area contributed by atoms with Crippen molar-refractivity contribution in [3.05, 3.63) is 54.1 Å². The van der Waals surface area contributed by atoms with Gasteiger partial charge in [0, 0.05) is 26.2 Å². The molecule has 1 atom stereocenters. The highest BCUT2D eigenvalue weighted by atomic mass is 32.2. The second-order valence-electron chi connectivity index (χ2n) is 7.37. The standard InChI is InChI=1S/C21H24N4O3S2/c1-2-7-17(16-8-4-3-5-9-16)21(26)24-12-14-25(15-13-24)30(27,28)19-11-6-10-18-20(19)23-29-22-18/h3-6,8-11,17H,2,7,12-15H2,1H3. The summed E-state index contributed by atoms with van der Waals surface area (Å²) in [6.07, 6.45) is 1.69. The highest BCUT2D eigenvalue weighted by Crippen LogP contribution is 2.38. The summed E-state index contributed by atoms with van der Waals surface area (Å²) in [6.45, 7) is 3.39. The Morgan fingerprint density at radius 2 is 1.77 bits per heavy atom. The van der Waals surface area contributed by atoms with E-state index in [1.54, 1.807) is 23.1 Å². The fourth-order valence-corrected chi connectivity index (χ4v) is 6.08. The van der Waals surface area contributed by atoms with Crippen LogP contribution < -0.4 is 0 Å². The number of hydrogen-bond donors (Lipinski definition) is 0. The van der Waals surface area contributed by atoms with Gasteiger partial charge in [-0.3, -0.25) is 4.79 Å². The fraction of sp³-hybridized carbons (Fsp3) is 0.381. The number of nitrogens with zero attached hydrogens (tertiary/aromatic N) is 4. The van der Waals surface area contributed by atoms with Crippen LogP contribution in [0.1, 0.15) is 31.2 Å². The quantitative estimate of drug-likeness (QED) is 0.579. The fourth-order valence-electron chi connectivity index (χ4n) is 3.90. The maximum atomic E-state index is 13.2. The molecule has 1 fully saturated rings. The predicted molar refractivity (Wildman–Crippen MR) is 117 cm³/mol. The van der Waals surface area contributed by atoms with Crippen molar-refractivity contribution < 1.29 is 13.2 Å². The number of fused-ring (bicyclic) bond motifs is 1. The van der Waals surface area contributed by atoms with Gasteiger partial charge in [0.1, 0.15) is 16.3 Å². The maximum Gasteiger partial charge on any atom is 0.245 e. The summed E-state index contributed by atoms with van der Waals surface area (Å²) in [4.78, 5) is 15.2. The number of carbonyl (C=O) groups excluding carboxylic acids is 1. The minimum absolute atomic E-state index is 0.0749. The SMILES string of the molecule is CCCC(C(=O)N1CCN(S(=O)(=O)c2cccc3c2N=S=N3)CC1)c1ccccc1. The van der Waals surface area contributed by atoms with E-state index in [1.807, 2.05) is 30.3 Å². The van der Waals surface area contributed by atoms with Gasteiger partial charge in [0.25, 0.3) is 0 Å². The third-order valence-corrected chi connectivity index (χ3v) is 7.97. The Bertz CT molecular complexity index is 1100. The summed E-state index contributed by atoms with van der Waals surface area (Å²) in [5.41, 5.74) is 2.01. The van der Waals surface area contributed by atoms with E-state index in [9.17, 15) is 13.2 Å². The van der Waals surface area contributed by atoms with Crippen LogP contribution in [-0.2, 0) is 26.2 Å². The Morgan fingerprint density at radius 1 is 1.03 bits per heavy atom. The van der Waals surface area contributed by atoms with E-state index in [2.05, 4.69) is 15.6 Å². The Kier molecular flexibility index (Phi) is 6.12. The maximum absolute atomic E-state index is 13.2. The van der Waals surface area contributed by atoms with E-state index in [-0.39, 0.29) is 29.8 Å². The van der Waals surface area contributed by atoms with Crippen LogP contribution in [0.2, 0.25) is 0 Å². The molecule has 2 aromatic rings. The molecule has 0 aliphatic carbocycles. The van der Waals surface area contributed by atoms with Gasteiger partial charge in [-0.05, 0) is 24.1 Å². The van der Waals surface area contributed by atoms with Crippen LogP contribution in [-0.4, -0.2) is 49.7 Å². The van der Waals surface area contributed by atoms with E-state index in [0.717, 1.165) is 29.8 Å². The lowest BCUT2D eigenvalue weighted by atomic mass is 9.93. The topological polar surface area (TPSA) is 82.4 Å². The molecule has 0 spiro atoms. The molecule has 0 saturated carbocycles. The third kappa shape index (κ3) is 3.97. The van der Waals surface area contributed by atoms with Crippen molar-refractivity contribution >= 4 is 38.7 Å². The molecule has 9 heteroatoms. The summed E-state index contributed by atoms with van der Waals surface area (Å²) >= 11 is 1.00. The molecule has 2 aliphatic heterocycles. The van der Waals surface area contributed by atoms with Gasteiger partial charge >= 0.3 is 0 Å². The monoisotopic (exact) mass is 444 g/mol. The normalized spacial score (nSPS) is 17.4. The Morgan fingerprint density at radius 3 is 2.47 bits per heavy atom. The Labute approximate surface area is 180 Å². The van der Waals surface area contributed by atoms with Crippen LogP contribution in [0.4, 0.5) is 11.4 Å². The summed E-state index contributed by atoms with van der Waals surface area (Å²) in [5, 5.41) is 0. The molecule has 2 heterocycles.